The van der Waals surface area contributed by atoms with Crippen molar-refractivity contribution in [2.45, 2.75) is 4.90 Å². The Balaban J connectivity index is 1.45. The molecule has 0 unspecified atom stereocenters. The Morgan fingerprint density at radius 3 is 2.57 bits per heavy atom. The van der Waals surface area contributed by atoms with E-state index in [0.717, 1.165) is 11.0 Å². The first-order valence-electron chi connectivity index (χ1n) is 9.68. The Kier molecular flexibility index (Phi) is 5.72. The van der Waals surface area contributed by atoms with Crippen molar-refractivity contribution in [3.63, 3.8) is 0 Å². The van der Waals surface area contributed by atoms with Gasteiger partial charge in [0.25, 0.3) is 0 Å². The molecule has 7 nitrogen and oxygen atoms in total. The number of nitrogens with one attached hydrogen (secondary N) is 1. The average molecular weight is 426 g/mol. The Bertz CT molecular complexity index is 1160. The maximum absolute atomic E-state index is 12.9. The third-order valence-electron chi connectivity index (χ3n) is 5.05. The third-order valence-corrected chi connectivity index (χ3v) is 6.94. The van der Waals surface area contributed by atoms with Gasteiger partial charge in [0.05, 0.1) is 4.90 Å². The number of hydrogen-bond acceptors (Lipinski definition) is 5. The van der Waals surface area contributed by atoms with Gasteiger partial charge in [0.2, 0.25) is 15.9 Å². The van der Waals surface area contributed by atoms with Crippen molar-refractivity contribution in [2.75, 3.05) is 38.5 Å². The molecule has 1 aliphatic rings. The van der Waals surface area contributed by atoms with Crippen LogP contribution in [0.1, 0.15) is 5.76 Å². The van der Waals surface area contributed by atoms with E-state index < -0.39 is 10.0 Å². The minimum Gasteiger partial charge on any atom is -0.457 e. The number of para-hydroxylation sites is 1. The second-order valence-electron chi connectivity index (χ2n) is 7.24. The van der Waals surface area contributed by atoms with E-state index in [1.165, 1.54) is 16.4 Å². The molecule has 0 aliphatic carbocycles. The second-order valence-corrected chi connectivity index (χ2v) is 9.18. The largest absolute Gasteiger partial charge is 0.457 e. The zero-order chi connectivity index (χ0) is 21.1. The van der Waals surface area contributed by atoms with E-state index in [-0.39, 0.29) is 10.8 Å². The molecule has 30 heavy (non-hydrogen) atoms. The summed E-state index contributed by atoms with van der Waals surface area (Å²) in [5, 5.41) is 3.67. The predicted molar refractivity (Wildman–Crippen MR) is 117 cm³/mol. The van der Waals surface area contributed by atoms with Gasteiger partial charge in [-0.25, -0.2) is 8.42 Å². The first-order chi connectivity index (χ1) is 14.4. The number of benzene rings is 2. The molecule has 1 fully saturated rings. The van der Waals surface area contributed by atoms with Crippen LogP contribution in [0.5, 0.6) is 0 Å². The van der Waals surface area contributed by atoms with Crippen LogP contribution in [-0.4, -0.2) is 56.8 Å². The fraction of sp³-hybridized carbons (Fsp3) is 0.227. The van der Waals surface area contributed by atoms with Crippen LogP contribution in [0.4, 0.5) is 5.69 Å². The average Bonchev–Trinajstić information content (AvgIpc) is 3.16. The van der Waals surface area contributed by atoms with Crippen molar-refractivity contribution in [2.24, 2.45) is 0 Å². The van der Waals surface area contributed by atoms with Gasteiger partial charge in [0, 0.05) is 43.3 Å². The van der Waals surface area contributed by atoms with Crippen molar-refractivity contribution < 1.29 is 17.6 Å². The Morgan fingerprint density at radius 1 is 1.03 bits per heavy atom. The fourth-order valence-electron chi connectivity index (χ4n) is 3.34. The van der Waals surface area contributed by atoms with Crippen molar-refractivity contribution in [3.8, 4) is 0 Å². The molecule has 0 atom stereocenters. The van der Waals surface area contributed by atoms with Gasteiger partial charge in [-0.1, -0.05) is 24.3 Å². The first-order valence-corrected chi connectivity index (χ1v) is 11.1. The summed E-state index contributed by atoms with van der Waals surface area (Å²) in [6.45, 7) is 2.30. The lowest BCUT2D eigenvalue weighted by Gasteiger charge is -2.31. The molecular weight excluding hydrogens is 402 g/mol. The minimum absolute atomic E-state index is 0.172. The van der Waals surface area contributed by atoms with Gasteiger partial charge in [-0.2, -0.15) is 4.31 Å². The standard InChI is InChI=1S/C22H23N3O4S/c1-24-11-13-25(14-12-24)30(27,28)20-7-4-6-18(16-20)23-22(26)10-9-19-15-17-5-2-3-8-21(17)29-19/h2-10,15-16H,11-14H2,1H3,(H,23,26)/b10-9+. The Labute approximate surface area is 175 Å². The number of likely N-dealkylation sites (N-methyl/N-ethyl adjacent to an activating group) is 1. The number of piperazine rings is 1. The number of carbonyl (C=O) groups is 1. The van der Waals surface area contributed by atoms with E-state index in [2.05, 4.69) is 10.2 Å². The topological polar surface area (TPSA) is 82.9 Å². The monoisotopic (exact) mass is 425 g/mol. The zero-order valence-electron chi connectivity index (χ0n) is 16.6. The number of carbonyl (C=O) groups excluding carboxylic acids is 1. The van der Waals surface area contributed by atoms with Gasteiger partial charge >= 0.3 is 0 Å². The number of nitrogens with zero attached hydrogens (tertiary/aromatic N) is 2. The molecule has 3 aromatic rings. The van der Waals surface area contributed by atoms with Crippen LogP contribution in [0.3, 0.4) is 0 Å². The summed E-state index contributed by atoms with van der Waals surface area (Å²) in [6, 6.07) is 15.8. The molecule has 1 saturated heterocycles. The highest BCUT2D eigenvalue weighted by atomic mass is 32.2. The van der Waals surface area contributed by atoms with Gasteiger partial charge in [-0.15, -0.1) is 0 Å². The second kappa shape index (κ2) is 8.43. The number of hydrogen-bond donors (Lipinski definition) is 1. The molecule has 4 rings (SSSR count). The lowest BCUT2D eigenvalue weighted by atomic mass is 10.2. The molecule has 1 aromatic heterocycles. The highest BCUT2D eigenvalue weighted by Crippen LogP contribution is 2.22. The summed E-state index contributed by atoms with van der Waals surface area (Å²) in [4.78, 5) is 14.6. The van der Waals surface area contributed by atoms with Crippen LogP contribution in [-0.2, 0) is 14.8 Å². The molecule has 2 heterocycles. The van der Waals surface area contributed by atoms with Crippen molar-refractivity contribution >= 4 is 38.7 Å². The highest BCUT2D eigenvalue weighted by molar-refractivity contribution is 7.89. The molecule has 0 bridgehead atoms. The molecule has 1 aliphatic heterocycles. The van der Waals surface area contributed by atoms with Crippen LogP contribution in [0, 0.1) is 0 Å². The molecule has 1 amide bonds. The molecule has 156 valence electrons. The zero-order valence-corrected chi connectivity index (χ0v) is 17.4. The molecule has 0 saturated carbocycles. The van der Waals surface area contributed by atoms with E-state index in [9.17, 15) is 13.2 Å². The Morgan fingerprint density at radius 2 is 1.80 bits per heavy atom. The van der Waals surface area contributed by atoms with E-state index >= 15 is 0 Å². The summed E-state index contributed by atoms with van der Waals surface area (Å²) in [5.41, 5.74) is 1.17. The van der Waals surface area contributed by atoms with Gasteiger partial charge in [-0.3, -0.25) is 4.79 Å². The smallest absolute Gasteiger partial charge is 0.248 e. The van der Waals surface area contributed by atoms with Gasteiger partial charge in [0.1, 0.15) is 11.3 Å². The van der Waals surface area contributed by atoms with Crippen LogP contribution in [0.2, 0.25) is 0 Å². The normalized spacial score (nSPS) is 16.3. The quantitative estimate of drug-likeness (QED) is 0.636. The summed E-state index contributed by atoms with van der Waals surface area (Å²) < 4.78 is 32.9. The van der Waals surface area contributed by atoms with E-state index in [4.69, 9.17) is 4.42 Å². The number of rotatable bonds is 5. The lowest BCUT2D eigenvalue weighted by molar-refractivity contribution is -0.111. The van der Waals surface area contributed by atoms with Gasteiger partial charge in [0.15, 0.2) is 0 Å². The highest BCUT2D eigenvalue weighted by Gasteiger charge is 2.27. The van der Waals surface area contributed by atoms with Crippen molar-refractivity contribution in [1.29, 1.82) is 0 Å². The maximum Gasteiger partial charge on any atom is 0.248 e. The van der Waals surface area contributed by atoms with Gasteiger partial charge in [-0.05, 0) is 43.5 Å². The van der Waals surface area contributed by atoms with E-state index in [0.29, 0.717) is 37.6 Å². The molecular formula is C22H23N3O4S. The van der Waals surface area contributed by atoms with E-state index in [1.54, 1.807) is 24.3 Å². The van der Waals surface area contributed by atoms with Crippen LogP contribution in [0.25, 0.3) is 17.0 Å². The number of sulfonamides is 1. The van der Waals surface area contributed by atoms with Crippen molar-refractivity contribution in [1.82, 2.24) is 9.21 Å². The fourth-order valence-corrected chi connectivity index (χ4v) is 4.81. The number of furan rings is 1. The van der Waals surface area contributed by atoms with Crippen LogP contribution in [0.15, 0.2) is 70.0 Å². The molecule has 2 aromatic carbocycles. The number of fused-ring (bicyclic) bond motifs is 1. The lowest BCUT2D eigenvalue weighted by Crippen LogP contribution is -2.47. The van der Waals surface area contributed by atoms with Crippen LogP contribution < -0.4 is 5.32 Å². The Hall–Kier alpha value is -2.94. The SMILES string of the molecule is CN1CCN(S(=O)(=O)c2cccc(NC(=O)/C=C/c3cc4ccccc4o3)c2)CC1. The van der Waals surface area contributed by atoms with E-state index in [1.807, 2.05) is 37.4 Å². The summed E-state index contributed by atoms with van der Waals surface area (Å²) in [7, 11) is -1.62. The molecule has 0 radical (unpaired) electrons. The molecule has 0 spiro atoms. The van der Waals surface area contributed by atoms with Gasteiger partial charge < -0.3 is 14.6 Å². The molecule has 8 heteroatoms. The minimum atomic E-state index is -3.59. The van der Waals surface area contributed by atoms with Crippen molar-refractivity contribution in [3.05, 3.63) is 66.4 Å². The predicted octanol–water partition coefficient (Wildman–Crippen LogP) is 3.02. The third kappa shape index (κ3) is 4.46. The maximum atomic E-state index is 12.9. The summed E-state index contributed by atoms with van der Waals surface area (Å²) in [5.74, 6) is 0.197. The number of anilines is 1. The first kappa shape index (κ1) is 20.3. The van der Waals surface area contributed by atoms with Crippen LogP contribution >= 0.6 is 0 Å². The summed E-state index contributed by atoms with van der Waals surface area (Å²) >= 11 is 0. The summed E-state index contributed by atoms with van der Waals surface area (Å²) in [6.07, 6.45) is 2.94. The molecule has 1 N–H and O–H groups in total. The number of amides is 1.